The van der Waals surface area contributed by atoms with Gasteiger partial charge in [0.2, 0.25) is 5.95 Å². The van der Waals surface area contributed by atoms with Crippen molar-refractivity contribution < 1.29 is 4.74 Å². The highest BCUT2D eigenvalue weighted by Crippen LogP contribution is 2.29. The van der Waals surface area contributed by atoms with Crippen molar-refractivity contribution in [1.82, 2.24) is 14.9 Å². The number of fused-ring (bicyclic) bond motifs is 1. The van der Waals surface area contributed by atoms with Gasteiger partial charge in [0.05, 0.1) is 24.5 Å². The summed E-state index contributed by atoms with van der Waals surface area (Å²) in [5.74, 6) is 1.58. The van der Waals surface area contributed by atoms with Gasteiger partial charge < -0.3 is 9.64 Å². The molecule has 0 amide bonds. The molecule has 0 aromatic carbocycles. The zero-order valence-corrected chi connectivity index (χ0v) is 14.6. The van der Waals surface area contributed by atoms with E-state index in [4.69, 9.17) is 9.72 Å². The summed E-state index contributed by atoms with van der Waals surface area (Å²) in [6, 6.07) is 0.646. The van der Waals surface area contributed by atoms with Crippen molar-refractivity contribution in [2.45, 2.75) is 51.6 Å². The van der Waals surface area contributed by atoms with Gasteiger partial charge in [-0.05, 0) is 31.6 Å². The standard InChI is InChI=1S/C18H28N4O2/c1-13-2-4-14(5-3-13)22-7-6-16-15(12-22)17(23)20-18(19-16)21-8-10-24-11-9-21/h13-14H,2-12H2,1H3,(H,19,20,23). The number of aromatic amines is 1. The number of nitrogens with one attached hydrogen (secondary N) is 1. The lowest BCUT2D eigenvalue weighted by molar-refractivity contribution is 0.121. The molecule has 3 heterocycles. The lowest BCUT2D eigenvalue weighted by Gasteiger charge is -2.38. The van der Waals surface area contributed by atoms with Gasteiger partial charge in [0, 0.05) is 38.6 Å². The normalized spacial score (nSPS) is 28.6. The Kier molecular flexibility index (Phi) is 4.59. The van der Waals surface area contributed by atoms with Crippen LogP contribution < -0.4 is 10.5 Å². The number of ether oxygens (including phenoxy) is 1. The molecule has 3 aliphatic rings. The summed E-state index contributed by atoms with van der Waals surface area (Å²) in [5, 5.41) is 0. The maximum Gasteiger partial charge on any atom is 0.257 e. The number of anilines is 1. The smallest absolute Gasteiger partial charge is 0.257 e. The van der Waals surface area contributed by atoms with E-state index in [0.717, 1.165) is 55.7 Å². The van der Waals surface area contributed by atoms with Crippen molar-refractivity contribution in [3.63, 3.8) is 0 Å². The second-order valence-electron chi connectivity index (χ2n) is 7.55. The molecular formula is C18H28N4O2. The van der Waals surface area contributed by atoms with Crippen molar-refractivity contribution >= 4 is 5.95 Å². The van der Waals surface area contributed by atoms with E-state index in [1.165, 1.54) is 25.7 Å². The molecule has 6 nitrogen and oxygen atoms in total. The number of morpholine rings is 1. The average Bonchev–Trinajstić information content (AvgIpc) is 2.63. The van der Waals surface area contributed by atoms with Gasteiger partial charge in [0.15, 0.2) is 0 Å². The first-order valence-corrected chi connectivity index (χ1v) is 9.39. The summed E-state index contributed by atoms with van der Waals surface area (Å²) in [6.07, 6.45) is 6.07. The molecule has 0 spiro atoms. The molecule has 132 valence electrons. The van der Waals surface area contributed by atoms with Crippen LogP contribution in [0.25, 0.3) is 0 Å². The van der Waals surface area contributed by atoms with Crippen LogP contribution in [0.5, 0.6) is 0 Å². The summed E-state index contributed by atoms with van der Waals surface area (Å²) in [5.41, 5.74) is 1.94. The van der Waals surface area contributed by atoms with E-state index in [-0.39, 0.29) is 5.56 Å². The molecule has 1 saturated carbocycles. The monoisotopic (exact) mass is 332 g/mol. The van der Waals surface area contributed by atoms with Crippen LogP contribution in [0, 0.1) is 5.92 Å². The molecule has 0 unspecified atom stereocenters. The second kappa shape index (κ2) is 6.84. The minimum atomic E-state index is 0.0513. The van der Waals surface area contributed by atoms with E-state index in [2.05, 4.69) is 21.7 Å². The van der Waals surface area contributed by atoms with E-state index in [0.29, 0.717) is 19.3 Å². The molecular weight excluding hydrogens is 304 g/mol. The maximum absolute atomic E-state index is 12.6. The predicted molar refractivity (Wildman–Crippen MR) is 93.4 cm³/mol. The molecule has 1 N–H and O–H groups in total. The van der Waals surface area contributed by atoms with Crippen LogP contribution >= 0.6 is 0 Å². The van der Waals surface area contributed by atoms with Crippen LogP contribution in [0.1, 0.15) is 43.9 Å². The van der Waals surface area contributed by atoms with Crippen molar-refractivity contribution in [2.24, 2.45) is 5.92 Å². The summed E-state index contributed by atoms with van der Waals surface area (Å²) < 4.78 is 5.38. The van der Waals surface area contributed by atoms with E-state index in [1.54, 1.807) is 0 Å². The molecule has 0 radical (unpaired) electrons. The minimum absolute atomic E-state index is 0.0513. The SMILES string of the molecule is CC1CCC(N2CCc3nc(N4CCOCC4)[nH]c(=O)c3C2)CC1. The maximum atomic E-state index is 12.6. The van der Waals surface area contributed by atoms with Crippen LogP contribution in [-0.2, 0) is 17.7 Å². The minimum Gasteiger partial charge on any atom is -0.378 e. The molecule has 6 heteroatoms. The summed E-state index contributed by atoms with van der Waals surface area (Å²) >= 11 is 0. The zero-order valence-electron chi connectivity index (χ0n) is 14.6. The lowest BCUT2D eigenvalue weighted by Crippen LogP contribution is -2.44. The highest BCUT2D eigenvalue weighted by molar-refractivity contribution is 5.34. The van der Waals surface area contributed by atoms with Crippen LogP contribution in [0.4, 0.5) is 5.95 Å². The fourth-order valence-corrected chi connectivity index (χ4v) is 4.28. The van der Waals surface area contributed by atoms with Crippen LogP contribution in [0.3, 0.4) is 0 Å². The Morgan fingerprint density at radius 2 is 1.88 bits per heavy atom. The summed E-state index contributed by atoms with van der Waals surface area (Å²) in [6.45, 7) is 7.15. The van der Waals surface area contributed by atoms with Crippen molar-refractivity contribution in [1.29, 1.82) is 0 Å². The number of H-pyrrole nitrogens is 1. The Morgan fingerprint density at radius 1 is 1.12 bits per heavy atom. The number of aromatic nitrogens is 2. The number of hydrogen-bond acceptors (Lipinski definition) is 5. The highest BCUT2D eigenvalue weighted by atomic mass is 16.5. The van der Waals surface area contributed by atoms with Gasteiger partial charge in [0.1, 0.15) is 0 Å². The molecule has 24 heavy (non-hydrogen) atoms. The van der Waals surface area contributed by atoms with Gasteiger partial charge in [-0.1, -0.05) is 6.92 Å². The van der Waals surface area contributed by atoms with Gasteiger partial charge >= 0.3 is 0 Å². The fourth-order valence-electron chi connectivity index (χ4n) is 4.28. The van der Waals surface area contributed by atoms with Crippen molar-refractivity contribution in [2.75, 3.05) is 37.7 Å². The Hall–Kier alpha value is -1.40. The first-order valence-electron chi connectivity index (χ1n) is 9.39. The summed E-state index contributed by atoms with van der Waals surface area (Å²) in [7, 11) is 0. The van der Waals surface area contributed by atoms with Crippen LogP contribution in [0.15, 0.2) is 4.79 Å². The molecule has 1 aromatic heterocycles. The van der Waals surface area contributed by atoms with E-state index < -0.39 is 0 Å². The highest BCUT2D eigenvalue weighted by Gasteiger charge is 2.29. The Labute approximate surface area is 143 Å². The summed E-state index contributed by atoms with van der Waals surface area (Å²) in [4.78, 5) is 25.1. The zero-order chi connectivity index (χ0) is 16.5. The van der Waals surface area contributed by atoms with Gasteiger partial charge in [-0.25, -0.2) is 4.98 Å². The molecule has 1 saturated heterocycles. The Balaban J connectivity index is 1.51. The number of hydrogen-bond donors (Lipinski definition) is 1. The largest absolute Gasteiger partial charge is 0.378 e. The molecule has 1 aliphatic carbocycles. The van der Waals surface area contributed by atoms with Gasteiger partial charge in [-0.2, -0.15) is 0 Å². The quantitative estimate of drug-likeness (QED) is 0.890. The van der Waals surface area contributed by atoms with Crippen molar-refractivity contribution in [3.8, 4) is 0 Å². The first kappa shape index (κ1) is 16.1. The topological polar surface area (TPSA) is 61.5 Å². The van der Waals surface area contributed by atoms with Gasteiger partial charge in [-0.15, -0.1) is 0 Å². The molecule has 1 aromatic rings. The average molecular weight is 332 g/mol. The van der Waals surface area contributed by atoms with Crippen LogP contribution in [0.2, 0.25) is 0 Å². The third kappa shape index (κ3) is 3.22. The van der Waals surface area contributed by atoms with Crippen LogP contribution in [-0.4, -0.2) is 53.8 Å². The van der Waals surface area contributed by atoms with E-state index in [1.807, 2.05) is 0 Å². The van der Waals surface area contributed by atoms with E-state index >= 15 is 0 Å². The Morgan fingerprint density at radius 3 is 2.62 bits per heavy atom. The Bertz CT molecular complexity index is 630. The van der Waals surface area contributed by atoms with Gasteiger partial charge in [-0.3, -0.25) is 14.7 Å². The first-order chi connectivity index (χ1) is 11.7. The van der Waals surface area contributed by atoms with E-state index in [9.17, 15) is 4.79 Å². The second-order valence-corrected chi connectivity index (χ2v) is 7.55. The van der Waals surface area contributed by atoms with Gasteiger partial charge in [0.25, 0.3) is 5.56 Å². The predicted octanol–water partition coefficient (Wildman–Crippen LogP) is 1.54. The molecule has 2 aliphatic heterocycles. The lowest BCUT2D eigenvalue weighted by atomic mass is 9.86. The third-order valence-corrected chi connectivity index (χ3v) is 5.90. The third-order valence-electron chi connectivity index (χ3n) is 5.90. The molecule has 0 bridgehead atoms. The van der Waals surface area contributed by atoms with Crippen molar-refractivity contribution in [3.05, 3.63) is 21.6 Å². The number of nitrogens with zero attached hydrogens (tertiary/aromatic N) is 3. The molecule has 4 rings (SSSR count). The fraction of sp³-hybridized carbons (Fsp3) is 0.778. The molecule has 2 fully saturated rings. The molecule has 0 atom stereocenters. The number of rotatable bonds is 2.